The Morgan fingerprint density at radius 2 is 2.00 bits per heavy atom. The van der Waals surface area contributed by atoms with Crippen LogP contribution in [0.4, 0.5) is 14.9 Å². The number of para-hydroxylation sites is 1. The van der Waals surface area contributed by atoms with Gasteiger partial charge in [-0.1, -0.05) is 18.2 Å². The Kier molecular flexibility index (Phi) is 4.07. The van der Waals surface area contributed by atoms with Crippen molar-refractivity contribution in [3.63, 3.8) is 0 Å². The van der Waals surface area contributed by atoms with Crippen LogP contribution in [0.5, 0.6) is 0 Å². The maximum absolute atomic E-state index is 13.4. The summed E-state index contributed by atoms with van der Waals surface area (Å²) in [5.74, 6) is -0.456. The van der Waals surface area contributed by atoms with E-state index >= 15 is 0 Å². The van der Waals surface area contributed by atoms with Gasteiger partial charge in [0.25, 0.3) is 0 Å². The highest BCUT2D eigenvalue weighted by atomic mass is 19.1. The van der Waals surface area contributed by atoms with E-state index in [4.69, 9.17) is 0 Å². The molecule has 0 saturated carbocycles. The number of benzene rings is 1. The standard InChI is InChI=1S/C14H14FN3O/c1-18(10-11-6-4-5-9-16-11)14(19)17-13-8-3-2-7-12(13)15/h2-9H,10H2,1H3,(H,17,19). The topological polar surface area (TPSA) is 45.2 Å². The van der Waals surface area contributed by atoms with Crippen molar-refractivity contribution in [3.05, 3.63) is 60.2 Å². The summed E-state index contributed by atoms with van der Waals surface area (Å²) in [4.78, 5) is 17.5. The van der Waals surface area contributed by atoms with Crippen LogP contribution in [0.25, 0.3) is 0 Å². The first-order valence-corrected chi connectivity index (χ1v) is 5.83. The molecule has 4 nitrogen and oxygen atoms in total. The SMILES string of the molecule is CN(Cc1ccccn1)C(=O)Nc1ccccc1F. The van der Waals surface area contributed by atoms with E-state index in [9.17, 15) is 9.18 Å². The van der Waals surface area contributed by atoms with E-state index in [2.05, 4.69) is 10.3 Å². The number of halogens is 1. The molecule has 1 heterocycles. The van der Waals surface area contributed by atoms with Gasteiger partial charge in [0.15, 0.2) is 0 Å². The molecule has 98 valence electrons. The van der Waals surface area contributed by atoms with Gasteiger partial charge in [-0.05, 0) is 24.3 Å². The molecule has 0 aliphatic heterocycles. The zero-order valence-electron chi connectivity index (χ0n) is 10.5. The number of amides is 2. The summed E-state index contributed by atoms with van der Waals surface area (Å²) in [7, 11) is 1.63. The molecular weight excluding hydrogens is 245 g/mol. The zero-order chi connectivity index (χ0) is 13.7. The van der Waals surface area contributed by atoms with Crippen LogP contribution in [-0.4, -0.2) is 23.0 Å². The van der Waals surface area contributed by atoms with Gasteiger partial charge in [-0.15, -0.1) is 0 Å². The lowest BCUT2D eigenvalue weighted by Crippen LogP contribution is -2.31. The van der Waals surface area contributed by atoms with Crippen molar-refractivity contribution in [3.8, 4) is 0 Å². The molecule has 0 spiro atoms. The molecule has 0 unspecified atom stereocenters. The van der Waals surface area contributed by atoms with E-state index in [1.54, 1.807) is 25.4 Å². The molecule has 2 rings (SSSR count). The van der Waals surface area contributed by atoms with Gasteiger partial charge in [-0.3, -0.25) is 4.98 Å². The van der Waals surface area contributed by atoms with Crippen LogP contribution in [0.2, 0.25) is 0 Å². The first-order valence-electron chi connectivity index (χ1n) is 5.83. The van der Waals surface area contributed by atoms with Crippen LogP contribution >= 0.6 is 0 Å². The minimum absolute atomic E-state index is 0.167. The molecule has 1 N–H and O–H groups in total. The Morgan fingerprint density at radius 3 is 2.68 bits per heavy atom. The molecule has 0 fully saturated rings. The van der Waals surface area contributed by atoms with Gasteiger partial charge in [0.05, 0.1) is 17.9 Å². The van der Waals surface area contributed by atoms with Crippen molar-refractivity contribution in [2.45, 2.75) is 6.54 Å². The minimum Gasteiger partial charge on any atom is -0.322 e. The fourth-order valence-electron chi connectivity index (χ4n) is 1.58. The third-order valence-electron chi connectivity index (χ3n) is 2.59. The van der Waals surface area contributed by atoms with Crippen LogP contribution in [0.3, 0.4) is 0 Å². The number of aromatic nitrogens is 1. The fourth-order valence-corrected chi connectivity index (χ4v) is 1.58. The van der Waals surface area contributed by atoms with Crippen LogP contribution in [0.1, 0.15) is 5.69 Å². The number of pyridine rings is 1. The molecule has 0 radical (unpaired) electrons. The first kappa shape index (κ1) is 13.0. The molecule has 0 bridgehead atoms. The Morgan fingerprint density at radius 1 is 1.26 bits per heavy atom. The lowest BCUT2D eigenvalue weighted by atomic mass is 10.3. The highest BCUT2D eigenvalue weighted by Gasteiger charge is 2.11. The van der Waals surface area contributed by atoms with Crippen LogP contribution in [-0.2, 0) is 6.54 Å². The smallest absolute Gasteiger partial charge is 0.322 e. The quantitative estimate of drug-likeness (QED) is 0.921. The molecule has 0 saturated heterocycles. The predicted octanol–water partition coefficient (Wildman–Crippen LogP) is 2.88. The molecule has 2 amide bonds. The van der Waals surface area contributed by atoms with Crippen molar-refractivity contribution in [1.29, 1.82) is 0 Å². The molecular formula is C14H14FN3O. The summed E-state index contributed by atoms with van der Waals surface area (Å²) in [5, 5.41) is 2.51. The summed E-state index contributed by atoms with van der Waals surface area (Å²) in [6.07, 6.45) is 1.66. The number of nitrogens with zero attached hydrogens (tertiary/aromatic N) is 2. The second-order valence-corrected chi connectivity index (χ2v) is 4.09. The number of carbonyl (C=O) groups excluding carboxylic acids is 1. The van der Waals surface area contributed by atoms with Crippen molar-refractivity contribution in [1.82, 2.24) is 9.88 Å². The predicted molar refractivity (Wildman–Crippen MR) is 71.1 cm³/mol. The molecule has 0 atom stereocenters. The second-order valence-electron chi connectivity index (χ2n) is 4.09. The second kappa shape index (κ2) is 5.95. The van der Waals surface area contributed by atoms with Gasteiger partial charge in [-0.25, -0.2) is 9.18 Å². The maximum atomic E-state index is 13.4. The van der Waals surface area contributed by atoms with E-state index in [0.717, 1.165) is 5.69 Å². The van der Waals surface area contributed by atoms with Crippen molar-refractivity contribution in [2.75, 3.05) is 12.4 Å². The number of rotatable bonds is 3. The Hall–Kier alpha value is -2.43. The highest BCUT2D eigenvalue weighted by Crippen LogP contribution is 2.13. The largest absolute Gasteiger partial charge is 0.322 e. The molecule has 1 aromatic heterocycles. The van der Waals surface area contributed by atoms with E-state index in [-0.39, 0.29) is 11.7 Å². The van der Waals surface area contributed by atoms with Gasteiger partial charge in [0.1, 0.15) is 5.82 Å². The average molecular weight is 259 g/mol. The van der Waals surface area contributed by atoms with Crippen molar-refractivity contribution < 1.29 is 9.18 Å². The van der Waals surface area contributed by atoms with Crippen LogP contribution in [0, 0.1) is 5.82 Å². The summed E-state index contributed by atoms with van der Waals surface area (Å²) in [5.41, 5.74) is 0.939. The minimum atomic E-state index is -0.456. The molecule has 2 aromatic rings. The Bertz CT molecular complexity index is 560. The number of anilines is 1. The lowest BCUT2D eigenvalue weighted by Gasteiger charge is -2.17. The number of hydrogen-bond donors (Lipinski definition) is 1. The van der Waals surface area contributed by atoms with Gasteiger partial charge in [-0.2, -0.15) is 0 Å². The molecule has 1 aromatic carbocycles. The van der Waals surface area contributed by atoms with Crippen molar-refractivity contribution in [2.24, 2.45) is 0 Å². The third kappa shape index (κ3) is 3.51. The Labute approximate surface area is 110 Å². The molecule has 0 aliphatic carbocycles. The summed E-state index contributed by atoms with van der Waals surface area (Å²) < 4.78 is 13.4. The first-order chi connectivity index (χ1) is 9.16. The molecule has 19 heavy (non-hydrogen) atoms. The Balaban J connectivity index is 1.99. The van der Waals surface area contributed by atoms with E-state index in [1.165, 1.54) is 17.0 Å². The zero-order valence-corrected chi connectivity index (χ0v) is 10.5. The molecule has 5 heteroatoms. The fraction of sp³-hybridized carbons (Fsp3) is 0.143. The third-order valence-corrected chi connectivity index (χ3v) is 2.59. The number of urea groups is 1. The normalized spacial score (nSPS) is 10.0. The maximum Gasteiger partial charge on any atom is 0.322 e. The summed E-state index contributed by atoms with van der Waals surface area (Å²) >= 11 is 0. The van der Waals surface area contributed by atoms with E-state index in [1.807, 2.05) is 18.2 Å². The van der Waals surface area contributed by atoms with Crippen LogP contribution < -0.4 is 5.32 Å². The average Bonchev–Trinajstić information content (AvgIpc) is 2.42. The van der Waals surface area contributed by atoms with Gasteiger partial charge in [0, 0.05) is 13.2 Å². The van der Waals surface area contributed by atoms with Gasteiger partial charge < -0.3 is 10.2 Å². The monoisotopic (exact) mass is 259 g/mol. The van der Waals surface area contributed by atoms with E-state index < -0.39 is 5.82 Å². The summed E-state index contributed by atoms with van der Waals surface area (Å²) in [6.45, 7) is 0.362. The van der Waals surface area contributed by atoms with Crippen molar-refractivity contribution >= 4 is 11.7 Å². The lowest BCUT2D eigenvalue weighted by molar-refractivity contribution is 0.220. The van der Waals surface area contributed by atoms with E-state index in [0.29, 0.717) is 6.54 Å². The van der Waals surface area contributed by atoms with Crippen LogP contribution in [0.15, 0.2) is 48.7 Å². The highest BCUT2D eigenvalue weighted by molar-refractivity contribution is 5.89. The van der Waals surface area contributed by atoms with Gasteiger partial charge in [0.2, 0.25) is 0 Å². The van der Waals surface area contributed by atoms with Gasteiger partial charge >= 0.3 is 6.03 Å². The molecule has 0 aliphatic rings. The number of carbonyl (C=O) groups is 1. The number of nitrogens with one attached hydrogen (secondary N) is 1. The summed E-state index contributed by atoms with van der Waals surface area (Å²) in [6, 6.07) is 11.2. The number of hydrogen-bond acceptors (Lipinski definition) is 2.